The zero-order chi connectivity index (χ0) is 30.1. The first kappa shape index (κ1) is 29.0. The van der Waals surface area contributed by atoms with E-state index in [1.165, 1.54) is 32.6 Å². The highest BCUT2D eigenvalue weighted by Crippen LogP contribution is 2.68. The molecule has 3 fully saturated rings. The van der Waals surface area contributed by atoms with Crippen LogP contribution in [0.2, 0.25) is 0 Å². The number of Topliss-reactive ketones (excluding diaryl/α,β-unsaturated/α-hetero) is 1. The van der Waals surface area contributed by atoms with E-state index in [9.17, 15) is 29.1 Å². The van der Waals surface area contributed by atoms with E-state index in [0.29, 0.717) is 24.0 Å². The number of methoxy groups -OCH3 is 1. The predicted molar refractivity (Wildman–Crippen MR) is 138 cm³/mol. The first-order valence-electron chi connectivity index (χ1n) is 13.8. The SMILES string of the molecule is COC(=O)CC1C2C(=O)C(OC(C)=O)(CC3(O)C4=CC(=O)OC(c5ccoc5)C4(C)CCC23)C(OC(C)=O)C1(C)C. The summed E-state index contributed by atoms with van der Waals surface area (Å²) >= 11 is 0. The Kier molecular flexibility index (Phi) is 6.76. The number of ketones is 1. The Morgan fingerprint density at radius 2 is 1.83 bits per heavy atom. The second-order valence-corrected chi connectivity index (χ2v) is 12.7. The van der Waals surface area contributed by atoms with Crippen LogP contribution in [0.15, 0.2) is 34.7 Å². The van der Waals surface area contributed by atoms with Gasteiger partial charge in [0.25, 0.3) is 0 Å². The highest BCUT2D eigenvalue weighted by Gasteiger charge is 2.76. The fraction of sp³-hybridized carbons (Fsp3) is 0.633. The molecular formula is C30H36O11. The Labute approximate surface area is 237 Å². The molecule has 4 aliphatic rings. The van der Waals surface area contributed by atoms with Gasteiger partial charge < -0.3 is 28.5 Å². The molecule has 0 saturated heterocycles. The topological polar surface area (TPSA) is 156 Å². The lowest BCUT2D eigenvalue weighted by Crippen LogP contribution is -2.77. The molecule has 3 saturated carbocycles. The largest absolute Gasteiger partial charge is 0.472 e. The average Bonchev–Trinajstić information content (AvgIpc) is 3.41. The molecule has 1 N–H and O–H groups in total. The van der Waals surface area contributed by atoms with E-state index in [1.54, 1.807) is 19.9 Å². The molecule has 3 aliphatic carbocycles. The third-order valence-electron chi connectivity index (χ3n) is 9.99. The van der Waals surface area contributed by atoms with Crippen molar-refractivity contribution in [2.45, 2.75) is 83.7 Å². The van der Waals surface area contributed by atoms with Crippen molar-refractivity contribution in [3.05, 3.63) is 35.8 Å². The Bertz CT molecular complexity index is 1330. The second kappa shape index (κ2) is 9.54. The highest BCUT2D eigenvalue weighted by atomic mass is 16.6. The Morgan fingerprint density at radius 1 is 1.12 bits per heavy atom. The van der Waals surface area contributed by atoms with Gasteiger partial charge in [0.1, 0.15) is 6.10 Å². The second-order valence-electron chi connectivity index (χ2n) is 12.7. The van der Waals surface area contributed by atoms with E-state index in [4.69, 9.17) is 23.4 Å². The minimum Gasteiger partial charge on any atom is -0.472 e. The molecule has 1 aliphatic heterocycles. The molecule has 2 heterocycles. The first-order valence-corrected chi connectivity index (χ1v) is 13.8. The zero-order valence-electron chi connectivity index (χ0n) is 24.1. The summed E-state index contributed by atoms with van der Waals surface area (Å²) in [5.41, 5.74) is -4.94. The molecule has 222 valence electrons. The van der Waals surface area contributed by atoms with Crippen molar-refractivity contribution in [2.75, 3.05) is 7.11 Å². The van der Waals surface area contributed by atoms with E-state index in [-0.39, 0.29) is 6.42 Å². The smallest absolute Gasteiger partial charge is 0.331 e. The number of aliphatic hydroxyl groups is 1. The molecule has 11 heteroatoms. The lowest BCUT2D eigenvalue weighted by molar-refractivity contribution is -0.261. The van der Waals surface area contributed by atoms with Crippen LogP contribution in [0.25, 0.3) is 0 Å². The molecule has 0 spiro atoms. The van der Waals surface area contributed by atoms with Gasteiger partial charge in [-0.2, -0.15) is 0 Å². The van der Waals surface area contributed by atoms with Crippen molar-refractivity contribution in [2.24, 2.45) is 28.6 Å². The maximum Gasteiger partial charge on any atom is 0.331 e. The van der Waals surface area contributed by atoms with Crippen LogP contribution in [0, 0.1) is 28.6 Å². The number of cyclic esters (lactones) is 1. The van der Waals surface area contributed by atoms with Gasteiger partial charge in [-0.3, -0.25) is 19.2 Å². The van der Waals surface area contributed by atoms with Crippen molar-refractivity contribution in [1.29, 1.82) is 0 Å². The maximum absolute atomic E-state index is 14.5. The lowest BCUT2D eigenvalue weighted by atomic mass is 9.41. The van der Waals surface area contributed by atoms with Crippen LogP contribution in [0.5, 0.6) is 0 Å². The van der Waals surface area contributed by atoms with Gasteiger partial charge in [0.05, 0.1) is 25.2 Å². The van der Waals surface area contributed by atoms with Gasteiger partial charge in [0.15, 0.2) is 11.9 Å². The summed E-state index contributed by atoms with van der Waals surface area (Å²) in [4.78, 5) is 65.2. The molecule has 11 nitrogen and oxygen atoms in total. The summed E-state index contributed by atoms with van der Waals surface area (Å²) in [7, 11) is 1.24. The Morgan fingerprint density at radius 3 is 2.41 bits per heavy atom. The summed E-state index contributed by atoms with van der Waals surface area (Å²) < 4.78 is 27.6. The van der Waals surface area contributed by atoms with E-state index in [2.05, 4.69) is 0 Å². The zero-order valence-corrected chi connectivity index (χ0v) is 24.1. The van der Waals surface area contributed by atoms with Crippen molar-refractivity contribution >= 4 is 29.7 Å². The number of hydrogen-bond donors (Lipinski definition) is 1. The minimum atomic E-state index is -2.07. The molecule has 8 unspecified atom stereocenters. The number of carbonyl (C=O) groups is 5. The average molecular weight is 573 g/mol. The van der Waals surface area contributed by atoms with Crippen LogP contribution in [0.1, 0.15) is 72.0 Å². The van der Waals surface area contributed by atoms with Gasteiger partial charge in [-0.1, -0.05) is 20.8 Å². The number of ether oxygens (including phenoxy) is 4. The van der Waals surface area contributed by atoms with Gasteiger partial charge in [-0.15, -0.1) is 0 Å². The van der Waals surface area contributed by atoms with E-state index in [1.807, 2.05) is 6.92 Å². The number of fused-ring (bicyclic) bond motifs is 6. The van der Waals surface area contributed by atoms with E-state index >= 15 is 0 Å². The Hall–Kier alpha value is -3.47. The lowest BCUT2D eigenvalue weighted by Gasteiger charge is -2.66. The first-order chi connectivity index (χ1) is 19.1. The molecule has 0 radical (unpaired) electrons. The normalized spacial score (nSPS) is 38.9. The third-order valence-corrected chi connectivity index (χ3v) is 9.99. The fourth-order valence-corrected chi connectivity index (χ4v) is 8.40. The summed E-state index contributed by atoms with van der Waals surface area (Å²) in [5.74, 6) is -5.76. The van der Waals surface area contributed by atoms with Crippen molar-refractivity contribution in [1.82, 2.24) is 0 Å². The molecule has 8 atom stereocenters. The maximum atomic E-state index is 14.5. The van der Waals surface area contributed by atoms with Crippen LogP contribution in [-0.2, 0) is 42.9 Å². The van der Waals surface area contributed by atoms with Crippen LogP contribution in [0.3, 0.4) is 0 Å². The summed E-state index contributed by atoms with van der Waals surface area (Å²) in [6, 6.07) is 1.69. The van der Waals surface area contributed by atoms with Gasteiger partial charge in [-0.05, 0) is 30.4 Å². The van der Waals surface area contributed by atoms with Gasteiger partial charge >= 0.3 is 23.9 Å². The number of hydrogen-bond acceptors (Lipinski definition) is 11. The number of carbonyl (C=O) groups excluding carboxylic acids is 5. The number of rotatable bonds is 5. The minimum absolute atomic E-state index is 0.198. The highest BCUT2D eigenvalue weighted by molar-refractivity contribution is 5.96. The third kappa shape index (κ3) is 4.14. The fourth-order valence-electron chi connectivity index (χ4n) is 8.40. The summed E-state index contributed by atoms with van der Waals surface area (Å²) in [6.07, 6.45) is 2.24. The quantitative estimate of drug-likeness (QED) is 0.409. The van der Waals surface area contributed by atoms with Crippen molar-refractivity contribution in [3.8, 4) is 0 Å². The van der Waals surface area contributed by atoms with Gasteiger partial charge in [0, 0.05) is 61.0 Å². The van der Waals surface area contributed by atoms with Gasteiger partial charge in [-0.25, -0.2) is 4.79 Å². The van der Waals surface area contributed by atoms with Crippen LogP contribution >= 0.6 is 0 Å². The summed E-state index contributed by atoms with van der Waals surface area (Å²) in [5, 5.41) is 12.8. The standard InChI is InChI=1S/C30H36O11/c1-15(31)39-26-27(3,4)19(11-21(33)37-6)23-18-7-9-28(5)20(12-22(34)40-25(28)17-8-10-38-13-17)29(18,36)14-30(26,24(23)35)41-16(2)32/h8,10,12-13,18-19,23,25-26,36H,7,9,11,14H2,1-6H3. The molecule has 1 aromatic rings. The number of furan rings is 1. The van der Waals surface area contributed by atoms with Crippen LogP contribution in [-0.4, -0.2) is 59.2 Å². The van der Waals surface area contributed by atoms with Crippen LogP contribution in [0.4, 0.5) is 0 Å². The van der Waals surface area contributed by atoms with Gasteiger partial charge in [0.2, 0.25) is 5.60 Å². The molecule has 5 rings (SSSR count). The molecule has 0 amide bonds. The molecule has 41 heavy (non-hydrogen) atoms. The van der Waals surface area contributed by atoms with Crippen molar-refractivity contribution in [3.63, 3.8) is 0 Å². The molecule has 0 aromatic carbocycles. The van der Waals surface area contributed by atoms with E-state index in [0.717, 1.165) is 6.92 Å². The Balaban J connectivity index is 1.74. The molecular weight excluding hydrogens is 536 g/mol. The molecule has 2 bridgehead atoms. The monoisotopic (exact) mass is 572 g/mol. The number of esters is 4. The van der Waals surface area contributed by atoms with Crippen LogP contribution < -0.4 is 0 Å². The van der Waals surface area contributed by atoms with Crippen molar-refractivity contribution < 1.29 is 52.4 Å². The predicted octanol–water partition coefficient (Wildman–Crippen LogP) is 2.99. The summed E-state index contributed by atoms with van der Waals surface area (Å²) in [6.45, 7) is 7.71. The van der Waals surface area contributed by atoms with E-state index < -0.39 is 88.1 Å². The molecule has 1 aromatic heterocycles.